The normalized spacial score (nSPS) is 19.5. The first-order valence-electron chi connectivity index (χ1n) is 9.14. The summed E-state index contributed by atoms with van der Waals surface area (Å²) in [5.74, 6) is 0.419. The highest BCUT2D eigenvalue weighted by Crippen LogP contribution is 2.24. The highest BCUT2D eigenvalue weighted by molar-refractivity contribution is 8.00. The van der Waals surface area contributed by atoms with Crippen molar-refractivity contribution in [1.82, 2.24) is 9.80 Å². The van der Waals surface area contributed by atoms with Gasteiger partial charge in [-0.2, -0.15) is 0 Å². The summed E-state index contributed by atoms with van der Waals surface area (Å²) >= 11 is 1.29. The average Bonchev–Trinajstić information content (AvgIpc) is 2.63. The van der Waals surface area contributed by atoms with Crippen LogP contribution in [-0.2, 0) is 14.3 Å². The third-order valence-electron chi connectivity index (χ3n) is 4.51. The van der Waals surface area contributed by atoms with Crippen LogP contribution < -0.4 is 0 Å². The van der Waals surface area contributed by atoms with Gasteiger partial charge in [0, 0.05) is 32.1 Å². The predicted octanol–water partition coefficient (Wildman–Crippen LogP) is 2.53. The summed E-state index contributed by atoms with van der Waals surface area (Å²) in [6.07, 6.45) is 1.11. The quantitative estimate of drug-likeness (QED) is 0.550. The zero-order valence-electron chi connectivity index (χ0n) is 16.4. The number of carbonyl (C=O) groups is 3. The van der Waals surface area contributed by atoms with E-state index >= 15 is 0 Å². The number of amides is 2. The lowest BCUT2D eigenvalue weighted by Crippen LogP contribution is -2.44. The lowest BCUT2D eigenvalue weighted by molar-refractivity contribution is -0.137. The number of carbonyl (C=O) groups excluding carboxylic acids is 3. The smallest absolute Gasteiger partial charge is 0.339 e. The number of hydrogen-bond acceptors (Lipinski definition) is 5. The van der Waals surface area contributed by atoms with Crippen LogP contribution in [-0.4, -0.2) is 67.1 Å². The van der Waals surface area contributed by atoms with E-state index in [1.807, 2.05) is 0 Å². The number of thioether (sulfide) groups is 1. The molecular formula is C20H28N2O4S. The van der Waals surface area contributed by atoms with Gasteiger partial charge in [-0.05, 0) is 30.4 Å². The Morgan fingerprint density at radius 3 is 2.41 bits per heavy atom. The number of piperidine rings is 1. The van der Waals surface area contributed by atoms with Crippen LogP contribution in [0.25, 0.3) is 0 Å². The minimum Gasteiger partial charge on any atom is -0.452 e. The third kappa shape index (κ3) is 6.27. The van der Waals surface area contributed by atoms with Gasteiger partial charge in [-0.1, -0.05) is 26.0 Å². The van der Waals surface area contributed by atoms with Crippen LogP contribution in [0.3, 0.4) is 0 Å². The fourth-order valence-electron chi connectivity index (χ4n) is 3.19. The second-order valence-corrected chi connectivity index (χ2v) is 8.41. The fourth-order valence-corrected chi connectivity index (χ4v) is 4.21. The number of esters is 1. The molecule has 0 N–H and O–H groups in total. The molecule has 1 saturated heterocycles. The first kappa shape index (κ1) is 21.3. The molecule has 0 unspecified atom stereocenters. The molecule has 27 heavy (non-hydrogen) atoms. The largest absolute Gasteiger partial charge is 0.452 e. The van der Waals surface area contributed by atoms with Crippen molar-refractivity contribution in [2.75, 3.05) is 39.5 Å². The molecule has 0 aliphatic carbocycles. The summed E-state index contributed by atoms with van der Waals surface area (Å²) in [6.45, 7) is 5.42. The van der Waals surface area contributed by atoms with E-state index < -0.39 is 5.97 Å². The van der Waals surface area contributed by atoms with E-state index in [0.29, 0.717) is 35.4 Å². The minimum absolute atomic E-state index is 0.0355. The van der Waals surface area contributed by atoms with Crippen molar-refractivity contribution in [3.8, 4) is 0 Å². The van der Waals surface area contributed by atoms with E-state index in [9.17, 15) is 14.4 Å². The molecule has 2 amide bonds. The maximum absolute atomic E-state index is 12.5. The van der Waals surface area contributed by atoms with Crippen LogP contribution in [0.2, 0.25) is 0 Å². The predicted molar refractivity (Wildman–Crippen MR) is 106 cm³/mol. The molecule has 1 aromatic rings. The zero-order chi connectivity index (χ0) is 20.0. The minimum atomic E-state index is -0.540. The van der Waals surface area contributed by atoms with Gasteiger partial charge in [-0.3, -0.25) is 9.59 Å². The van der Waals surface area contributed by atoms with Crippen molar-refractivity contribution in [3.05, 3.63) is 29.8 Å². The molecule has 148 valence electrons. The zero-order valence-corrected chi connectivity index (χ0v) is 17.3. The molecule has 0 radical (unpaired) electrons. The molecule has 1 heterocycles. The van der Waals surface area contributed by atoms with Crippen LogP contribution in [0.15, 0.2) is 29.2 Å². The Morgan fingerprint density at radius 2 is 1.78 bits per heavy atom. The molecule has 0 aromatic heterocycles. The van der Waals surface area contributed by atoms with Gasteiger partial charge in [0.05, 0.1) is 11.3 Å². The monoisotopic (exact) mass is 392 g/mol. The second kappa shape index (κ2) is 9.78. The lowest BCUT2D eigenvalue weighted by atomic mass is 9.92. The Hall–Kier alpha value is -2.02. The van der Waals surface area contributed by atoms with Crippen LogP contribution in [0.4, 0.5) is 0 Å². The summed E-state index contributed by atoms with van der Waals surface area (Å²) in [5.41, 5.74) is 0.377. The van der Waals surface area contributed by atoms with Crippen molar-refractivity contribution < 1.29 is 19.1 Å². The molecule has 0 bridgehead atoms. The highest BCUT2D eigenvalue weighted by Gasteiger charge is 2.26. The van der Waals surface area contributed by atoms with E-state index in [1.165, 1.54) is 16.7 Å². The number of nitrogens with zero attached hydrogens (tertiary/aromatic N) is 2. The van der Waals surface area contributed by atoms with Crippen LogP contribution >= 0.6 is 11.8 Å². The average molecular weight is 393 g/mol. The van der Waals surface area contributed by atoms with Crippen molar-refractivity contribution in [2.45, 2.75) is 25.2 Å². The molecule has 1 aliphatic heterocycles. The van der Waals surface area contributed by atoms with E-state index in [0.717, 1.165) is 6.42 Å². The van der Waals surface area contributed by atoms with E-state index in [1.54, 1.807) is 43.3 Å². The molecule has 2 atom stereocenters. The van der Waals surface area contributed by atoms with Gasteiger partial charge in [0.2, 0.25) is 5.91 Å². The van der Waals surface area contributed by atoms with Gasteiger partial charge in [-0.15, -0.1) is 11.8 Å². The van der Waals surface area contributed by atoms with Gasteiger partial charge in [0.25, 0.3) is 5.91 Å². The summed E-state index contributed by atoms with van der Waals surface area (Å²) in [6, 6.07) is 6.98. The van der Waals surface area contributed by atoms with E-state index in [2.05, 4.69) is 13.8 Å². The number of ether oxygens (including phenoxy) is 1. The molecular weight excluding hydrogens is 364 g/mol. The molecule has 7 heteroatoms. The Balaban J connectivity index is 1.94. The van der Waals surface area contributed by atoms with Crippen molar-refractivity contribution in [2.24, 2.45) is 11.8 Å². The standard InChI is InChI=1S/C20H28N2O4S/c1-14-9-15(2)11-22(10-14)18(23)12-26-20(25)16-7-5-6-8-17(16)27-13-19(24)21(3)4/h5-8,14-15H,9-13H2,1-4H3/t14-,15-/m1/s1. The number of benzene rings is 1. The van der Waals surface area contributed by atoms with Gasteiger partial charge in [0.1, 0.15) is 0 Å². The first-order chi connectivity index (χ1) is 12.8. The van der Waals surface area contributed by atoms with Crippen LogP contribution in [0.1, 0.15) is 30.6 Å². The Labute approximate surface area is 165 Å². The topological polar surface area (TPSA) is 66.9 Å². The molecule has 1 aromatic carbocycles. The van der Waals surface area contributed by atoms with Crippen molar-refractivity contribution >= 4 is 29.5 Å². The van der Waals surface area contributed by atoms with Gasteiger partial charge in [-0.25, -0.2) is 4.79 Å². The summed E-state index contributed by atoms with van der Waals surface area (Å²) in [5, 5.41) is 0. The maximum Gasteiger partial charge on any atom is 0.339 e. The number of hydrogen-bond donors (Lipinski definition) is 0. The number of rotatable bonds is 6. The van der Waals surface area contributed by atoms with Crippen LogP contribution in [0, 0.1) is 11.8 Å². The van der Waals surface area contributed by atoms with E-state index in [-0.39, 0.29) is 24.2 Å². The molecule has 1 aliphatic rings. The molecule has 0 saturated carbocycles. The summed E-state index contributed by atoms with van der Waals surface area (Å²) < 4.78 is 5.27. The summed E-state index contributed by atoms with van der Waals surface area (Å²) in [4.78, 5) is 40.6. The van der Waals surface area contributed by atoms with Crippen LogP contribution in [0.5, 0.6) is 0 Å². The first-order valence-corrected chi connectivity index (χ1v) is 10.1. The lowest BCUT2D eigenvalue weighted by Gasteiger charge is -2.34. The van der Waals surface area contributed by atoms with E-state index in [4.69, 9.17) is 4.74 Å². The Morgan fingerprint density at radius 1 is 1.15 bits per heavy atom. The van der Waals surface area contributed by atoms with Crippen molar-refractivity contribution in [1.29, 1.82) is 0 Å². The van der Waals surface area contributed by atoms with Gasteiger partial charge >= 0.3 is 5.97 Å². The van der Waals surface area contributed by atoms with Crippen molar-refractivity contribution in [3.63, 3.8) is 0 Å². The van der Waals surface area contributed by atoms with Gasteiger partial charge < -0.3 is 14.5 Å². The molecule has 0 spiro atoms. The summed E-state index contributed by atoms with van der Waals surface area (Å²) in [7, 11) is 3.38. The molecule has 6 nitrogen and oxygen atoms in total. The second-order valence-electron chi connectivity index (χ2n) is 7.39. The Kier molecular flexibility index (Phi) is 7.71. The Bertz CT molecular complexity index is 682. The third-order valence-corrected chi connectivity index (χ3v) is 5.56. The number of likely N-dealkylation sites (tertiary alicyclic amines) is 1. The fraction of sp³-hybridized carbons (Fsp3) is 0.550. The highest BCUT2D eigenvalue weighted by atomic mass is 32.2. The van der Waals surface area contributed by atoms with Gasteiger partial charge in [0.15, 0.2) is 6.61 Å². The maximum atomic E-state index is 12.5. The molecule has 1 fully saturated rings. The molecule has 2 rings (SSSR count). The SMILES string of the molecule is C[C@@H]1C[C@@H](C)CN(C(=O)COC(=O)c2ccccc2SCC(=O)N(C)C)C1.